The minimum absolute atomic E-state index is 0.0133. The first-order chi connectivity index (χ1) is 17.0. The van der Waals surface area contributed by atoms with E-state index in [1.54, 1.807) is 53.7 Å². The molecule has 10 heteroatoms. The van der Waals surface area contributed by atoms with Crippen LogP contribution in [0.25, 0.3) is 0 Å². The third-order valence-corrected chi connectivity index (χ3v) is 4.81. The Morgan fingerprint density at radius 1 is 0.865 bits per heavy atom. The maximum absolute atomic E-state index is 12.6. The fourth-order valence-corrected chi connectivity index (χ4v) is 2.61. The van der Waals surface area contributed by atoms with Crippen LogP contribution in [0, 0.1) is 16.7 Å². The van der Waals surface area contributed by atoms with Crippen molar-refractivity contribution in [2.24, 2.45) is 16.7 Å². The zero-order valence-electron chi connectivity index (χ0n) is 23.4. The van der Waals surface area contributed by atoms with Crippen LogP contribution in [0.15, 0.2) is 18.2 Å². The molecule has 0 aromatic heterocycles. The number of methoxy groups -OCH3 is 1. The van der Waals surface area contributed by atoms with E-state index in [4.69, 9.17) is 23.7 Å². The fraction of sp³-hybridized carbons (Fsp3) is 0.630. The lowest BCUT2D eigenvalue weighted by Crippen LogP contribution is -2.41. The van der Waals surface area contributed by atoms with Crippen LogP contribution >= 0.6 is 0 Å². The van der Waals surface area contributed by atoms with Crippen molar-refractivity contribution in [2.75, 3.05) is 26.9 Å². The predicted octanol–water partition coefficient (Wildman–Crippen LogP) is 4.07. The van der Waals surface area contributed by atoms with Crippen molar-refractivity contribution >= 4 is 24.1 Å². The third-order valence-electron chi connectivity index (χ3n) is 4.81. The van der Waals surface area contributed by atoms with Gasteiger partial charge in [-0.2, -0.15) is 0 Å². The molecule has 0 bridgehead atoms. The number of carbonyl (C=O) groups is 4. The normalized spacial score (nSPS) is 12.5. The number of ether oxygens (including phenoxy) is 5. The monoisotopic (exact) mass is 523 g/mol. The van der Waals surface area contributed by atoms with Crippen molar-refractivity contribution in [3.05, 3.63) is 23.8 Å². The lowest BCUT2D eigenvalue weighted by molar-refractivity contribution is -0.145. The molecule has 0 spiro atoms. The van der Waals surface area contributed by atoms with E-state index in [1.165, 1.54) is 13.2 Å². The first kappa shape index (κ1) is 31.9. The Hall–Kier alpha value is -3.14. The number of rotatable bonds is 11. The minimum atomic E-state index is -0.798. The Morgan fingerprint density at radius 3 is 1.95 bits per heavy atom. The first-order valence-corrected chi connectivity index (χ1v) is 12.2. The SMILES string of the molecule is COC(=O)[C@H](Cc1ccc(OC(=O)C(C)(C)C)c(OC(=O)C(C)(C)C)c1)NCCOC(=O)OCC(C)C. The fourth-order valence-electron chi connectivity index (χ4n) is 2.61. The zero-order chi connectivity index (χ0) is 28.4. The van der Waals surface area contributed by atoms with Crippen LogP contribution < -0.4 is 14.8 Å². The van der Waals surface area contributed by atoms with E-state index in [1.807, 2.05) is 13.8 Å². The van der Waals surface area contributed by atoms with Gasteiger partial charge in [0.05, 0.1) is 24.5 Å². The summed E-state index contributed by atoms with van der Waals surface area (Å²) in [5.74, 6) is -1.19. The van der Waals surface area contributed by atoms with Crippen LogP contribution in [0.3, 0.4) is 0 Å². The number of esters is 3. The predicted molar refractivity (Wildman–Crippen MR) is 136 cm³/mol. The molecule has 1 aromatic rings. The molecule has 10 nitrogen and oxygen atoms in total. The average molecular weight is 524 g/mol. The van der Waals surface area contributed by atoms with E-state index in [-0.39, 0.29) is 43.6 Å². The van der Waals surface area contributed by atoms with Gasteiger partial charge >= 0.3 is 24.1 Å². The molecule has 37 heavy (non-hydrogen) atoms. The minimum Gasteiger partial charge on any atom is -0.468 e. The molecule has 0 saturated heterocycles. The lowest BCUT2D eigenvalue weighted by atomic mass is 9.97. The van der Waals surface area contributed by atoms with E-state index >= 15 is 0 Å². The van der Waals surface area contributed by atoms with E-state index in [9.17, 15) is 19.2 Å². The van der Waals surface area contributed by atoms with Crippen LogP contribution in [0.4, 0.5) is 4.79 Å². The molecule has 0 radical (unpaired) electrons. The Kier molecular flexibility index (Phi) is 12.0. The highest BCUT2D eigenvalue weighted by molar-refractivity contribution is 5.81. The Labute approximate surface area is 219 Å². The maximum atomic E-state index is 12.6. The van der Waals surface area contributed by atoms with Crippen molar-refractivity contribution in [3.63, 3.8) is 0 Å². The summed E-state index contributed by atoms with van der Waals surface area (Å²) < 4.78 is 25.9. The highest BCUT2D eigenvalue weighted by Crippen LogP contribution is 2.33. The van der Waals surface area contributed by atoms with Crippen LogP contribution in [-0.4, -0.2) is 57.0 Å². The molecule has 0 heterocycles. The van der Waals surface area contributed by atoms with E-state index in [0.29, 0.717) is 5.56 Å². The average Bonchev–Trinajstić information content (AvgIpc) is 2.79. The largest absolute Gasteiger partial charge is 0.508 e. The van der Waals surface area contributed by atoms with Crippen molar-refractivity contribution in [3.8, 4) is 11.5 Å². The summed E-state index contributed by atoms with van der Waals surface area (Å²) >= 11 is 0. The summed E-state index contributed by atoms with van der Waals surface area (Å²) in [4.78, 5) is 49.0. The number of hydrogen-bond donors (Lipinski definition) is 1. The van der Waals surface area contributed by atoms with Crippen LogP contribution in [0.2, 0.25) is 0 Å². The highest BCUT2D eigenvalue weighted by atomic mass is 16.7. The number of carbonyl (C=O) groups excluding carboxylic acids is 4. The van der Waals surface area contributed by atoms with E-state index in [2.05, 4.69) is 5.32 Å². The molecular formula is C27H41NO9. The van der Waals surface area contributed by atoms with Gasteiger partial charge in [0, 0.05) is 6.54 Å². The summed E-state index contributed by atoms with van der Waals surface area (Å²) in [6.45, 7) is 14.5. The van der Waals surface area contributed by atoms with Crippen molar-refractivity contribution in [1.29, 1.82) is 0 Å². The summed E-state index contributed by atoms with van der Waals surface area (Å²) in [5.41, 5.74) is -0.951. The van der Waals surface area contributed by atoms with Crippen LogP contribution in [0.5, 0.6) is 11.5 Å². The molecule has 0 aliphatic rings. The van der Waals surface area contributed by atoms with E-state index in [0.717, 1.165) is 0 Å². The van der Waals surface area contributed by atoms with Crippen molar-refractivity contribution < 1.29 is 42.9 Å². The number of hydrogen-bond acceptors (Lipinski definition) is 10. The van der Waals surface area contributed by atoms with Gasteiger partial charge in [-0.3, -0.25) is 14.4 Å². The van der Waals surface area contributed by atoms with Crippen LogP contribution in [0.1, 0.15) is 61.0 Å². The molecule has 0 unspecified atom stereocenters. The Balaban J connectivity index is 3.02. The molecule has 0 amide bonds. The van der Waals surface area contributed by atoms with Crippen molar-refractivity contribution in [1.82, 2.24) is 5.32 Å². The van der Waals surface area contributed by atoms with Gasteiger partial charge in [-0.05, 0) is 71.6 Å². The number of benzene rings is 1. The van der Waals surface area contributed by atoms with Gasteiger partial charge in [-0.15, -0.1) is 0 Å². The topological polar surface area (TPSA) is 126 Å². The molecule has 208 valence electrons. The molecule has 0 aliphatic carbocycles. The van der Waals surface area contributed by atoms with Gasteiger partial charge < -0.3 is 29.0 Å². The quantitative estimate of drug-likeness (QED) is 0.258. The van der Waals surface area contributed by atoms with Gasteiger partial charge in [0.15, 0.2) is 11.5 Å². The van der Waals surface area contributed by atoms with Gasteiger partial charge in [0.1, 0.15) is 12.6 Å². The Morgan fingerprint density at radius 2 is 1.43 bits per heavy atom. The molecule has 1 aromatic carbocycles. The molecule has 0 fully saturated rings. The first-order valence-electron chi connectivity index (χ1n) is 12.2. The second-order valence-electron chi connectivity index (χ2n) is 11.1. The lowest BCUT2D eigenvalue weighted by Gasteiger charge is -2.21. The van der Waals surface area contributed by atoms with E-state index < -0.39 is 40.9 Å². The molecule has 1 N–H and O–H groups in total. The standard InChI is InChI=1S/C27H41NO9/c1-17(2)16-35-25(32)34-13-12-28-19(22(29)33-9)14-18-10-11-20(36-23(30)26(3,4)5)21(15-18)37-24(31)27(6,7)8/h10-11,15,17,19,28H,12-14,16H2,1-9H3/t19-/m0/s1. The highest BCUT2D eigenvalue weighted by Gasteiger charge is 2.29. The van der Waals surface area contributed by atoms with Gasteiger partial charge in [0.25, 0.3) is 0 Å². The molecular weight excluding hydrogens is 482 g/mol. The number of nitrogens with one attached hydrogen (secondary N) is 1. The van der Waals surface area contributed by atoms with Gasteiger partial charge in [-0.1, -0.05) is 19.9 Å². The van der Waals surface area contributed by atoms with Crippen molar-refractivity contribution in [2.45, 2.75) is 67.9 Å². The van der Waals surface area contributed by atoms with Gasteiger partial charge in [-0.25, -0.2) is 4.79 Å². The summed E-state index contributed by atoms with van der Waals surface area (Å²) in [6, 6.07) is 3.95. The Bertz CT molecular complexity index is 942. The van der Waals surface area contributed by atoms with Crippen LogP contribution in [-0.2, 0) is 35.0 Å². The molecule has 0 saturated carbocycles. The third kappa shape index (κ3) is 11.6. The molecule has 1 atom stereocenters. The second kappa shape index (κ2) is 14.0. The molecule has 0 aliphatic heterocycles. The summed E-state index contributed by atoms with van der Waals surface area (Å²) in [6.07, 6.45) is -0.617. The second-order valence-corrected chi connectivity index (χ2v) is 11.1. The maximum Gasteiger partial charge on any atom is 0.508 e. The zero-order valence-corrected chi connectivity index (χ0v) is 23.4. The molecule has 1 rings (SSSR count). The smallest absolute Gasteiger partial charge is 0.468 e. The summed E-state index contributed by atoms with van der Waals surface area (Å²) in [7, 11) is 1.27. The summed E-state index contributed by atoms with van der Waals surface area (Å²) in [5, 5.41) is 2.99. The van der Waals surface area contributed by atoms with Gasteiger partial charge in [0.2, 0.25) is 0 Å².